The lowest BCUT2D eigenvalue weighted by Crippen LogP contribution is -2.51. The SMILES string of the molecule is C=C1CC23OC2(c2ccccc21)C1CC(OC(=O)CCc2cccc(N)c2O)C3(C)C1(C)C. The number of aromatic hydroxyl groups is 1. The van der Waals surface area contributed by atoms with Gasteiger partial charge in [-0.2, -0.15) is 0 Å². The first-order valence-corrected chi connectivity index (χ1v) is 11.8. The first-order valence-electron chi connectivity index (χ1n) is 11.8. The Morgan fingerprint density at radius 1 is 1.21 bits per heavy atom. The zero-order chi connectivity index (χ0) is 23.4. The number of nitrogens with two attached hydrogens (primary N) is 1. The Morgan fingerprint density at radius 2 is 1.97 bits per heavy atom. The zero-order valence-electron chi connectivity index (χ0n) is 19.5. The number of esters is 1. The second-order valence-corrected chi connectivity index (χ2v) is 11.0. The Hall–Kier alpha value is -2.79. The van der Waals surface area contributed by atoms with Gasteiger partial charge in [0, 0.05) is 24.2 Å². The number of ether oxygens (including phenoxy) is 2. The first-order chi connectivity index (χ1) is 15.6. The molecular formula is C28H31NO4. The molecule has 3 N–H and O–H groups in total. The minimum absolute atomic E-state index is 0.0488. The molecule has 5 nitrogen and oxygen atoms in total. The van der Waals surface area contributed by atoms with Crippen molar-refractivity contribution in [2.75, 3.05) is 5.73 Å². The van der Waals surface area contributed by atoms with Gasteiger partial charge in [0.1, 0.15) is 23.1 Å². The third kappa shape index (κ3) is 2.20. The lowest BCUT2D eigenvalue weighted by atomic mass is 9.59. The summed E-state index contributed by atoms with van der Waals surface area (Å²) in [5, 5.41) is 10.2. The largest absolute Gasteiger partial charge is 0.506 e. The van der Waals surface area contributed by atoms with Gasteiger partial charge in [0.05, 0.1) is 5.69 Å². The normalized spacial score (nSPS) is 36.6. The maximum atomic E-state index is 12.9. The number of aryl methyl sites for hydroxylation is 1. The van der Waals surface area contributed by atoms with E-state index in [1.165, 1.54) is 11.1 Å². The quantitative estimate of drug-likeness (QED) is 0.301. The fraction of sp³-hybridized carbons (Fsp3) is 0.464. The Morgan fingerprint density at radius 3 is 2.76 bits per heavy atom. The third-order valence-electron chi connectivity index (χ3n) is 9.72. The molecule has 3 aliphatic carbocycles. The van der Waals surface area contributed by atoms with Crippen molar-refractivity contribution >= 4 is 17.2 Å². The zero-order valence-corrected chi connectivity index (χ0v) is 19.5. The summed E-state index contributed by atoms with van der Waals surface area (Å²) in [7, 11) is 0. The van der Waals surface area contributed by atoms with Crippen molar-refractivity contribution in [3.63, 3.8) is 0 Å². The average Bonchev–Trinajstić information content (AvgIpc) is 3.41. The van der Waals surface area contributed by atoms with Crippen molar-refractivity contribution in [2.45, 2.75) is 63.8 Å². The van der Waals surface area contributed by atoms with Gasteiger partial charge >= 0.3 is 5.97 Å². The molecule has 0 spiro atoms. The molecule has 172 valence electrons. The van der Waals surface area contributed by atoms with E-state index in [9.17, 15) is 9.90 Å². The van der Waals surface area contributed by atoms with E-state index in [0.29, 0.717) is 17.7 Å². The van der Waals surface area contributed by atoms with Crippen molar-refractivity contribution in [1.29, 1.82) is 0 Å². The molecule has 1 heterocycles. The Bertz CT molecular complexity index is 1220. The second-order valence-electron chi connectivity index (χ2n) is 11.0. The third-order valence-corrected chi connectivity index (χ3v) is 9.72. The molecular weight excluding hydrogens is 414 g/mol. The topological polar surface area (TPSA) is 85.1 Å². The molecule has 0 amide bonds. The summed E-state index contributed by atoms with van der Waals surface area (Å²) >= 11 is 0. The van der Waals surface area contributed by atoms with Gasteiger partial charge in [-0.15, -0.1) is 0 Å². The minimum Gasteiger partial charge on any atom is -0.506 e. The van der Waals surface area contributed by atoms with Crippen LogP contribution < -0.4 is 5.73 Å². The summed E-state index contributed by atoms with van der Waals surface area (Å²) in [6.45, 7) is 11.3. The van der Waals surface area contributed by atoms with Crippen LogP contribution in [0.15, 0.2) is 49.0 Å². The number of para-hydroxylation sites is 1. The van der Waals surface area contributed by atoms with Crippen LogP contribution in [0.5, 0.6) is 5.75 Å². The van der Waals surface area contributed by atoms with Crippen molar-refractivity contribution < 1.29 is 19.4 Å². The average molecular weight is 446 g/mol. The van der Waals surface area contributed by atoms with E-state index in [1.54, 1.807) is 18.2 Å². The number of hydrogen-bond donors (Lipinski definition) is 2. The number of phenols is 1. The highest BCUT2D eigenvalue weighted by Gasteiger charge is 2.95. The van der Waals surface area contributed by atoms with Crippen molar-refractivity contribution in [2.24, 2.45) is 16.7 Å². The number of carbonyl (C=O) groups is 1. The Kier molecular flexibility index (Phi) is 3.91. The van der Waals surface area contributed by atoms with E-state index >= 15 is 0 Å². The Balaban J connectivity index is 1.28. The molecule has 3 fully saturated rings. The van der Waals surface area contributed by atoms with Crippen LogP contribution in [-0.2, 0) is 26.3 Å². The van der Waals surface area contributed by atoms with Crippen LogP contribution in [0.2, 0.25) is 0 Å². The molecule has 2 saturated carbocycles. The number of benzene rings is 2. The lowest BCUT2D eigenvalue weighted by Gasteiger charge is -2.45. The van der Waals surface area contributed by atoms with Crippen LogP contribution in [0.25, 0.3) is 5.57 Å². The number of hydrogen-bond acceptors (Lipinski definition) is 5. The van der Waals surface area contributed by atoms with Gasteiger partial charge in [-0.3, -0.25) is 4.79 Å². The van der Waals surface area contributed by atoms with Crippen molar-refractivity contribution in [3.05, 3.63) is 65.7 Å². The van der Waals surface area contributed by atoms with E-state index in [0.717, 1.165) is 18.4 Å². The summed E-state index contributed by atoms with van der Waals surface area (Å²) in [6, 6.07) is 13.7. The molecule has 6 rings (SSSR count). The summed E-state index contributed by atoms with van der Waals surface area (Å²) in [5.74, 6) is 0.0665. The highest BCUT2D eigenvalue weighted by molar-refractivity contribution is 5.76. The fourth-order valence-corrected chi connectivity index (χ4v) is 7.82. The number of rotatable bonds is 4. The highest BCUT2D eigenvalue weighted by atomic mass is 16.6. The molecule has 2 aromatic rings. The minimum atomic E-state index is -0.380. The van der Waals surface area contributed by atoms with E-state index in [1.807, 2.05) is 0 Å². The van der Waals surface area contributed by atoms with Crippen molar-refractivity contribution in [1.82, 2.24) is 0 Å². The number of fused-ring (bicyclic) bond motifs is 3. The summed E-state index contributed by atoms with van der Waals surface area (Å²) in [4.78, 5) is 12.9. The van der Waals surface area contributed by atoms with E-state index in [2.05, 4.69) is 51.6 Å². The highest BCUT2D eigenvalue weighted by Crippen LogP contribution is 2.89. The van der Waals surface area contributed by atoms with Gasteiger partial charge in [0.25, 0.3) is 0 Å². The van der Waals surface area contributed by atoms with Crippen molar-refractivity contribution in [3.8, 4) is 5.75 Å². The molecule has 5 atom stereocenters. The van der Waals surface area contributed by atoms with E-state index in [-0.39, 0.29) is 52.2 Å². The standard InChI is InChI=1S/C28H31NO4/c1-16-15-27-26(4)22(32-23(30)13-12-17-8-7-11-20(29)24(17)31)14-21(25(26,2)3)28(27,33-27)19-10-6-5-9-18(16)19/h5-11,21-22,31H,1,12-15,29H2,2-4H3. The monoisotopic (exact) mass is 445 g/mol. The van der Waals surface area contributed by atoms with Gasteiger partial charge in [-0.05, 0) is 46.6 Å². The van der Waals surface area contributed by atoms with Crippen LogP contribution in [0.1, 0.15) is 56.7 Å². The Labute approximate surface area is 194 Å². The van der Waals surface area contributed by atoms with Crippen LogP contribution in [-0.4, -0.2) is 22.8 Å². The molecule has 0 radical (unpaired) electrons. The van der Waals surface area contributed by atoms with Crippen LogP contribution >= 0.6 is 0 Å². The maximum Gasteiger partial charge on any atom is 0.306 e. The van der Waals surface area contributed by atoms with Gasteiger partial charge in [-0.25, -0.2) is 0 Å². The van der Waals surface area contributed by atoms with Crippen LogP contribution in [0, 0.1) is 16.7 Å². The van der Waals surface area contributed by atoms with E-state index < -0.39 is 0 Å². The molecule has 33 heavy (non-hydrogen) atoms. The number of anilines is 1. The summed E-state index contributed by atoms with van der Waals surface area (Å²) < 4.78 is 13.0. The predicted molar refractivity (Wildman–Crippen MR) is 126 cm³/mol. The van der Waals surface area contributed by atoms with Crippen LogP contribution in [0.4, 0.5) is 5.69 Å². The molecule has 1 aliphatic heterocycles. The predicted octanol–water partition coefficient (Wildman–Crippen LogP) is 4.97. The van der Waals surface area contributed by atoms with Gasteiger partial charge < -0.3 is 20.3 Å². The molecule has 2 bridgehead atoms. The summed E-state index contributed by atoms with van der Waals surface area (Å²) in [5.41, 5.74) is 9.28. The lowest BCUT2D eigenvalue weighted by molar-refractivity contribution is -0.161. The van der Waals surface area contributed by atoms with Gasteiger partial charge in [0.15, 0.2) is 0 Å². The number of epoxide rings is 1. The first kappa shape index (κ1) is 20.8. The number of phenolic OH excluding ortho intramolecular Hbond substituents is 1. The van der Waals surface area contributed by atoms with Gasteiger partial charge in [0.2, 0.25) is 0 Å². The van der Waals surface area contributed by atoms with Gasteiger partial charge in [-0.1, -0.05) is 63.7 Å². The van der Waals surface area contributed by atoms with Crippen LogP contribution in [0.3, 0.4) is 0 Å². The smallest absolute Gasteiger partial charge is 0.306 e. The van der Waals surface area contributed by atoms with E-state index in [4.69, 9.17) is 15.2 Å². The molecule has 5 unspecified atom stereocenters. The molecule has 0 aromatic heterocycles. The summed E-state index contributed by atoms with van der Waals surface area (Å²) in [6.07, 6.45) is 1.94. The fourth-order valence-electron chi connectivity index (χ4n) is 7.82. The second kappa shape index (κ2) is 6.20. The molecule has 1 saturated heterocycles. The molecule has 5 heteroatoms. The number of carbonyl (C=O) groups excluding carboxylic acids is 1. The number of nitrogen functional groups attached to an aromatic ring is 1. The maximum absolute atomic E-state index is 12.9. The molecule has 2 aromatic carbocycles. The molecule has 4 aliphatic rings.